The summed E-state index contributed by atoms with van der Waals surface area (Å²) in [4.78, 5) is 12.5. The van der Waals surface area contributed by atoms with Gasteiger partial charge in [0.25, 0.3) is 0 Å². The lowest BCUT2D eigenvalue weighted by Crippen LogP contribution is -2.54. The fourth-order valence-electron chi connectivity index (χ4n) is 4.94. The Morgan fingerprint density at radius 1 is 1.00 bits per heavy atom. The van der Waals surface area contributed by atoms with E-state index >= 15 is 0 Å². The molecule has 0 radical (unpaired) electrons. The number of hydrogen-bond acceptors (Lipinski definition) is 2. The van der Waals surface area contributed by atoms with Crippen LogP contribution in [0.3, 0.4) is 0 Å². The lowest BCUT2D eigenvalue weighted by molar-refractivity contribution is -0.185. The van der Waals surface area contributed by atoms with Crippen LogP contribution in [-0.4, -0.2) is 17.1 Å². The van der Waals surface area contributed by atoms with Gasteiger partial charge in [0.2, 0.25) is 5.91 Å². The van der Waals surface area contributed by atoms with E-state index in [-0.39, 0.29) is 5.41 Å². The van der Waals surface area contributed by atoms with Crippen molar-refractivity contribution in [3.63, 3.8) is 0 Å². The van der Waals surface area contributed by atoms with E-state index in [9.17, 15) is 4.79 Å². The summed E-state index contributed by atoms with van der Waals surface area (Å²) in [6.45, 7) is 19.0. The summed E-state index contributed by atoms with van der Waals surface area (Å²) in [7, 11) is 0. The molecule has 0 aliphatic heterocycles. The Hall–Kier alpha value is -1.61. The second-order valence-corrected chi connectivity index (χ2v) is 10.9. The van der Waals surface area contributed by atoms with Crippen molar-refractivity contribution in [3.05, 3.63) is 42.0 Å². The number of benzene rings is 1. The highest BCUT2D eigenvalue weighted by atomic mass is 16.5. The predicted octanol–water partition coefficient (Wildman–Crippen LogP) is 7.32. The molecule has 0 heterocycles. The lowest BCUT2D eigenvalue weighted by Gasteiger charge is -2.46. The molecule has 31 heavy (non-hydrogen) atoms. The van der Waals surface area contributed by atoms with Crippen LogP contribution in [0, 0.1) is 11.3 Å². The third-order valence-electron chi connectivity index (χ3n) is 6.50. The van der Waals surface area contributed by atoms with Gasteiger partial charge in [0.15, 0.2) is 0 Å². The molecule has 1 amide bonds. The minimum atomic E-state index is -1.07. The Kier molecular flexibility index (Phi) is 10.5. The molecule has 0 fully saturated rings. The summed E-state index contributed by atoms with van der Waals surface area (Å²) in [5, 5.41) is 0. The summed E-state index contributed by atoms with van der Waals surface area (Å²) in [5.74, 6) is -0.103. The summed E-state index contributed by atoms with van der Waals surface area (Å²) < 4.78 is 6.64. The van der Waals surface area contributed by atoms with E-state index in [1.807, 2.05) is 37.3 Å². The number of hydrogen-bond donors (Lipinski definition) is 1. The molecule has 0 aromatic heterocycles. The molecule has 1 aromatic carbocycles. The predicted molar refractivity (Wildman–Crippen MR) is 134 cm³/mol. The minimum absolute atomic E-state index is 0.0666. The monoisotopic (exact) mass is 429 g/mol. The van der Waals surface area contributed by atoms with Gasteiger partial charge in [-0.05, 0) is 49.7 Å². The lowest BCUT2D eigenvalue weighted by atomic mass is 9.69. The van der Waals surface area contributed by atoms with E-state index in [0.717, 1.165) is 17.5 Å². The van der Waals surface area contributed by atoms with Gasteiger partial charge in [-0.1, -0.05) is 103 Å². The Morgan fingerprint density at radius 2 is 1.55 bits per heavy atom. The molecule has 0 bridgehead atoms. The Morgan fingerprint density at radius 3 is 2.03 bits per heavy atom. The van der Waals surface area contributed by atoms with Crippen molar-refractivity contribution in [1.29, 1.82) is 0 Å². The Bertz CT molecular complexity index is 684. The number of rotatable bonds is 14. The Balaban J connectivity index is 2.96. The molecule has 0 spiro atoms. The van der Waals surface area contributed by atoms with Crippen LogP contribution in [0.2, 0.25) is 0 Å². The number of carbonyl (C=O) groups is 1. The van der Waals surface area contributed by atoms with Gasteiger partial charge < -0.3 is 10.5 Å². The standard InChI is InChI=1S/C28H47NO2/c1-9-11-12-13-14-15-16-24(26(3,4)5)27(6,7)31-28(8,25(29)30)21-23-19-17-22(10-2)18-20-23/h10,17-20,24H,2,9,11-16,21H2,1,3-8H3,(H2,29,30). The first kappa shape index (κ1) is 27.4. The maximum Gasteiger partial charge on any atom is 0.249 e. The van der Waals surface area contributed by atoms with E-state index in [0.29, 0.717) is 12.3 Å². The molecule has 1 aromatic rings. The van der Waals surface area contributed by atoms with Crippen LogP contribution in [0.1, 0.15) is 105 Å². The van der Waals surface area contributed by atoms with Crippen LogP contribution in [-0.2, 0) is 16.0 Å². The van der Waals surface area contributed by atoms with E-state index in [1.165, 1.54) is 38.5 Å². The first-order chi connectivity index (χ1) is 14.4. The van der Waals surface area contributed by atoms with Crippen LogP contribution >= 0.6 is 0 Å². The third-order valence-corrected chi connectivity index (χ3v) is 6.50. The number of unbranched alkanes of at least 4 members (excludes halogenated alkanes) is 5. The minimum Gasteiger partial charge on any atom is -0.367 e. The quantitative estimate of drug-likeness (QED) is 0.315. The summed E-state index contributed by atoms with van der Waals surface area (Å²) in [6.07, 6.45) is 11.0. The number of carbonyl (C=O) groups excluding carboxylic acids is 1. The van der Waals surface area contributed by atoms with E-state index in [2.05, 4.69) is 48.1 Å². The van der Waals surface area contributed by atoms with Crippen LogP contribution in [0.25, 0.3) is 6.08 Å². The van der Waals surface area contributed by atoms with Gasteiger partial charge in [0, 0.05) is 6.42 Å². The number of ether oxygens (including phenoxy) is 1. The van der Waals surface area contributed by atoms with Crippen LogP contribution < -0.4 is 5.73 Å². The number of primary amides is 1. The van der Waals surface area contributed by atoms with Gasteiger partial charge >= 0.3 is 0 Å². The number of nitrogens with two attached hydrogens (primary N) is 1. The molecule has 3 nitrogen and oxygen atoms in total. The zero-order valence-electron chi connectivity index (χ0n) is 21.2. The van der Waals surface area contributed by atoms with Gasteiger partial charge in [-0.3, -0.25) is 4.79 Å². The van der Waals surface area contributed by atoms with Crippen LogP contribution in [0.4, 0.5) is 0 Å². The number of amides is 1. The fourth-order valence-corrected chi connectivity index (χ4v) is 4.94. The van der Waals surface area contributed by atoms with Crippen molar-refractivity contribution in [2.24, 2.45) is 17.1 Å². The molecule has 2 N–H and O–H groups in total. The van der Waals surface area contributed by atoms with E-state index in [1.54, 1.807) is 0 Å². The van der Waals surface area contributed by atoms with Crippen LogP contribution in [0.15, 0.2) is 30.8 Å². The summed E-state index contributed by atoms with van der Waals surface area (Å²) >= 11 is 0. The molecule has 2 unspecified atom stereocenters. The maximum atomic E-state index is 12.5. The average molecular weight is 430 g/mol. The van der Waals surface area contributed by atoms with Crippen molar-refractivity contribution < 1.29 is 9.53 Å². The largest absolute Gasteiger partial charge is 0.367 e. The highest BCUT2D eigenvalue weighted by Crippen LogP contribution is 2.42. The maximum absolute atomic E-state index is 12.5. The topological polar surface area (TPSA) is 52.3 Å². The molecule has 0 aliphatic carbocycles. The fraction of sp³-hybridized carbons (Fsp3) is 0.679. The average Bonchev–Trinajstić information content (AvgIpc) is 2.66. The zero-order valence-corrected chi connectivity index (χ0v) is 21.2. The second kappa shape index (κ2) is 11.9. The third kappa shape index (κ3) is 8.80. The summed E-state index contributed by atoms with van der Waals surface area (Å²) in [5.41, 5.74) is 6.49. The smallest absolute Gasteiger partial charge is 0.249 e. The van der Waals surface area contributed by atoms with Crippen molar-refractivity contribution in [2.75, 3.05) is 0 Å². The van der Waals surface area contributed by atoms with Crippen molar-refractivity contribution in [1.82, 2.24) is 0 Å². The van der Waals surface area contributed by atoms with Crippen molar-refractivity contribution in [2.45, 2.75) is 111 Å². The molecule has 3 heteroatoms. The zero-order chi connectivity index (χ0) is 23.7. The molecule has 0 saturated heterocycles. The molecule has 0 saturated carbocycles. The van der Waals surface area contributed by atoms with Gasteiger partial charge in [0.05, 0.1) is 5.60 Å². The van der Waals surface area contributed by atoms with Gasteiger partial charge in [-0.2, -0.15) is 0 Å². The van der Waals surface area contributed by atoms with Crippen LogP contribution in [0.5, 0.6) is 0 Å². The van der Waals surface area contributed by atoms with Gasteiger partial charge in [-0.15, -0.1) is 0 Å². The first-order valence-electron chi connectivity index (χ1n) is 12.1. The van der Waals surface area contributed by atoms with Crippen molar-refractivity contribution in [3.8, 4) is 0 Å². The highest BCUT2D eigenvalue weighted by Gasteiger charge is 2.45. The molecule has 1 rings (SSSR count). The SMILES string of the molecule is C=Cc1ccc(CC(C)(OC(C)(C)C(CCCCCCCC)C(C)(C)C)C(N)=O)cc1. The van der Waals surface area contributed by atoms with Crippen molar-refractivity contribution >= 4 is 12.0 Å². The Labute approximate surface area is 191 Å². The second-order valence-electron chi connectivity index (χ2n) is 10.9. The molecular formula is C28H47NO2. The molecule has 0 aliphatic rings. The summed E-state index contributed by atoms with van der Waals surface area (Å²) in [6, 6.07) is 8.05. The van der Waals surface area contributed by atoms with Gasteiger partial charge in [0.1, 0.15) is 5.60 Å². The first-order valence-corrected chi connectivity index (χ1v) is 12.1. The highest BCUT2D eigenvalue weighted by molar-refractivity contribution is 5.83. The molecule has 2 atom stereocenters. The van der Waals surface area contributed by atoms with E-state index < -0.39 is 17.1 Å². The van der Waals surface area contributed by atoms with Gasteiger partial charge in [-0.25, -0.2) is 0 Å². The normalized spacial score (nSPS) is 15.3. The van der Waals surface area contributed by atoms with E-state index in [4.69, 9.17) is 10.5 Å². The molecular weight excluding hydrogens is 382 g/mol. The molecule has 176 valence electrons.